The second kappa shape index (κ2) is 5.58. The van der Waals surface area contributed by atoms with Crippen LogP contribution in [0.15, 0.2) is 18.2 Å². The van der Waals surface area contributed by atoms with Gasteiger partial charge in [-0.05, 0) is 26.0 Å². The highest BCUT2D eigenvalue weighted by Gasteiger charge is 2.12. The van der Waals surface area contributed by atoms with Crippen LogP contribution in [0, 0.1) is 0 Å². The van der Waals surface area contributed by atoms with Crippen LogP contribution in [0.2, 0.25) is 0 Å². The smallest absolute Gasteiger partial charge is 0.184 e. The third kappa shape index (κ3) is 3.42. The molecule has 1 aromatic carbocycles. The lowest BCUT2D eigenvalue weighted by Crippen LogP contribution is -2.08. The van der Waals surface area contributed by atoms with Crippen molar-refractivity contribution in [2.24, 2.45) is 0 Å². The lowest BCUT2D eigenvalue weighted by molar-refractivity contribution is -0.140. The highest BCUT2D eigenvalue weighted by Crippen LogP contribution is 2.27. The fourth-order valence-electron chi connectivity index (χ4n) is 1.30. The van der Waals surface area contributed by atoms with Crippen LogP contribution in [0.25, 0.3) is 0 Å². The molecule has 4 heteroatoms. The average Bonchev–Trinajstić information content (AvgIpc) is 2.16. The van der Waals surface area contributed by atoms with Crippen molar-refractivity contribution < 1.29 is 19.7 Å². The molecule has 4 nitrogen and oxygen atoms in total. The number of phenolic OH excluding ortho intramolecular Hbond substituents is 2. The molecule has 0 aliphatic rings. The van der Waals surface area contributed by atoms with Crippen LogP contribution in [0.5, 0.6) is 11.5 Å². The van der Waals surface area contributed by atoms with Gasteiger partial charge >= 0.3 is 0 Å². The minimum atomic E-state index is -0.544. The third-order valence-electron chi connectivity index (χ3n) is 1.83. The summed E-state index contributed by atoms with van der Waals surface area (Å²) in [5.41, 5.74) is 0.608. The van der Waals surface area contributed by atoms with Crippen LogP contribution in [0.1, 0.15) is 25.7 Å². The Morgan fingerprint density at radius 2 is 1.47 bits per heavy atom. The van der Waals surface area contributed by atoms with E-state index in [9.17, 15) is 10.2 Å². The Kier molecular flexibility index (Phi) is 4.39. The Balaban J connectivity index is 2.88. The second-order valence-electron chi connectivity index (χ2n) is 3.03. The van der Waals surface area contributed by atoms with E-state index >= 15 is 0 Å². The Bertz CT molecular complexity index is 285. The maximum Gasteiger partial charge on any atom is 0.184 e. The fraction of sp³-hybridized carbons (Fsp3) is 0.455. The highest BCUT2D eigenvalue weighted by atomic mass is 16.7. The minimum absolute atomic E-state index is 0.00518. The SMILES string of the molecule is CCOC(OCC)c1cc(O)cc(O)c1. The fourth-order valence-corrected chi connectivity index (χ4v) is 1.30. The number of phenols is 2. The molecule has 15 heavy (non-hydrogen) atoms. The van der Waals surface area contributed by atoms with Crippen molar-refractivity contribution >= 4 is 0 Å². The Morgan fingerprint density at radius 3 is 1.87 bits per heavy atom. The molecule has 0 atom stereocenters. The number of hydrogen-bond acceptors (Lipinski definition) is 4. The van der Waals surface area contributed by atoms with Crippen molar-refractivity contribution in [3.8, 4) is 11.5 Å². The quantitative estimate of drug-likeness (QED) is 0.734. The predicted molar refractivity (Wildman–Crippen MR) is 55.8 cm³/mol. The number of rotatable bonds is 5. The number of benzene rings is 1. The summed E-state index contributed by atoms with van der Waals surface area (Å²) in [5, 5.41) is 18.6. The van der Waals surface area contributed by atoms with E-state index in [2.05, 4.69) is 0 Å². The summed E-state index contributed by atoms with van der Waals surface area (Å²) in [4.78, 5) is 0. The van der Waals surface area contributed by atoms with Crippen molar-refractivity contribution in [1.82, 2.24) is 0 Å². The first kappa shape index (κ1) is 11.8. The van der Waals surface area contributed by atoms with E-state index in [0.717, 1.165) is 0 Å². The van der Waals surface area contributed by atoms with Gasteiger partial charge in [-0.1, -0.05) is 0 Å². The van der Waals surface area contributed by atoms with Crippen LogP contribution < -0.4 is 0 Å². The molecule has 0 heterocycles. The third-order valence-corrected chi connectivity index (χ3v) is 1.83. The zero-order chi connectivity index (χ0) is 11.3. The van der Waals surface area contributed by atoms with Gasteiger partial charge in [-0.3, -0.25) is 0 Å². The maximum atomic E-state index is 9.31. The molecule has 0 aliphatic heterocycles. The molecule has 0 amide bonds. The standard InChI is InChI=1S/C11H16O4/c1-3-14-11(15-4-2)8-5-9(12)7-10(13)6-8/h5-7,11-13H,3-4H2,1-2H3. The van der Waals surface area contributed by atoms with Gasteiger partial charge < -0.3 is 19.7 Å². The summed E-state index contributed by atoms with van der Waals surface area (Å²) in [7, 11) is 0. The van der Waals surface area contributed by atoms with Crippen molar-refractivity contribution in [2.45, 2.75) is 20.1 Å². The molecule has 0 fully saturated rings. The molecule has 0 saturated heterocycles. The van der Waals surface area contributed by atoms with Crippen LogP contribution in [-0.4, -0.2) is 23.4 Å². The monoisotopic (exact) mass is 212 g/mol. The molecule has 0 aliphatic carbocycles. The molecule has 2 N–H and O–H groups in total. The molecule has 0 aromatic heterocycles. The Hall–Kier alpha value is -1.26. The zero-order valence-electron chi connectivity index (χ0n) is 8.93. The summed E-state index contributed by atoms with van der Waals surface area (Å²) in [6.07, 6.45) is -0.544. The molecule has 0 radical (unpaired) electrons. The van der Waals surface area contributed by atoms with Gasteiger partial charge in [0.25, 0.3) is 0 Å². The van der Waals surface area contributed by atoms with Crippen LogP contribution in [0.4, 0.5) is 0 Å². The highest BCUT2D eigenvalue weighted by molar-refractivity contribution is 5.37. The van der Waals surface area contributed by atoms with Gasteiger partial charge in [-0.2, -0.15) is 0 Å². The van der Waals surface area contributed by atoms with E-state index < -0.39 is 6.29 Å². The van der Waals surface area contributed by atoms with Crippen molar-refractivity contribution in [2.75, 3.05) is 13.2 Å². The van der Waals surface area contributed by atoms with Gasteiger partial charge in [0.15, 0.2) is 6.29 Å². The van der Waals surface area contributed by atoms with Gasteiger partial charge in [0.1, 0.15) is 11.5 Å². The largest absolute Gasteiger partial charge is 0.508 e. The van der Waals surface area contributed by atoms with Crippen molar-refractivity contribution in [3.05, 3.63) is 23.8 Å². The normalized spacial score (nSPS) is 10.9. The molecule has 1 rings (SSSR count). The Labute approximate surface area is 89.1 Å². The van der Waals surface area contributed by atoms with Gasteiger partial charge in [0.05, 0.1) is 0 Å². The summed E-state index contributed by atoms with van der Waals surface area (Å²) in [6, 6.07) is 4.28. The molecule has 1 aromatic rings. The first-order chi connectivity index (χ1) is 7.17. The van der Waals surface area contributed by atoms with E-state index in [1.807, 2.05) is 13.8 Å². The zero-order valence-corrected chi connectivity index (χ0v) is 8.93. The van der Waals surface area contributed by atoms with E-state index in [1.54, 1.807) is 0 Å². The summed E-state index contributed by atoms with van der Waals surface area (Å²) in [6.45, 7) is 4.71. The summed E-state index contributed by atoms with van der Waals surface area (Å²) >= 11 is 0. The van der Waals surface area contributed by atoms with Crippen molar-refractivity contribution in [1.29, 1.82) is 0 Å². The lowest BCUT2D eigenvalue weighted by atomic mass is 10.2. The maximum absolute atomic E-state index is 9.31. The Morgan fingerprint density at radius 1 is 1.00 bits per heavy atom. The minimum Gasteiger partial charge on any atom is -0.508 e. The molecule has 0 saturated carbocycles. The van der Waals surface area contributed by atoms with E-state index in [1.165, 1.54) is 18.2 Å². The number of ether oxygens (including phenoxy) is 2. The van der Waals surface area contributed by atoms with E-state index in [-0.39, 0.29) is 11.5 Å². The number of hydrogen-bond donors (Lipinski definition) is 2. The first-order valence-electron chi connectivity index (χ1n) is 4.93. The van der Waals surface area contributed by atoms with Gasteiger partial charge in [0, 0.05) is 24.8 Å². The summed E-state index contributed by atoms with van der Waals surface area (Å²) in [5.74, 6) is -0.0104. The molecular formula is C11H16O4. The van der Waals surface area contributed by atoms with Crippen LogP contribution >= 0.6 is 0 Å². The van der Waals surface area contributed by atoms with Gasteiger partial charge in [0.2, 0.25) is 0 Å². The molecule has 84 valence electrons. The molecule has 0 spiro atoms. The van der Waals surface area contributed by atoms with Crippen LogP contribution in [-0.2, 0) is 9.47 Å². The van der Waals surface area contributed by atoms with Gasteiger partial charge in [-0.15, -0.1) is 0 Å². The second-order valence-corrected chi connectivity index (χ2v) is 3.03. The van der Waals surface area contributed by atoms with Gasteiger partial charge in [-0.25, -0.2) is 0 Å². The molecular weight excluding hydrogens is 196 g/mol. The first-order valence-corrected chi connectivity index (χ1v) is 4.93. The topological polar surface area (TPSA) is 58.9 Å². The average molecular weight is 212 g/mol. The molecule has 0 unspecified atom stereocenters. The summed E-state index contributed by atoms with van der Waals surface area (Å²) < 4.78 is 10.7. The number of aromatic hydroxyl groups is 2. The predicted octanol–water partition coefficient (Wildman–Crippen LogP) is 2.17. The van der Waals surface area contributed by atoms with E-state index in [4.69, 9.17) is 9.47 Å². The van der Waals surface area contributed by atoms with Crippen LogP contribution in [0.3, 0.4) is 0 Å². The van der Waals surface area contributed by atoms with Crippen molar-refractivity contribution in [3.63, 3.8) is 0 Å². The lowest BCUT2D eigenvalue weighted by Gasteiger charge is -2.17. The molecule has 0 bridgehead atoms. The van der Waals surface area contributed by atoms with E-state index in [0.29, 0.717) is 18.8 Å².